The fraction of sp³-hybridized carbons (Fsp3) is 0.417. The van der Waals surface area contributed by atoms with Gasteiger partial charge in [0, 0.05) is 18.4 Å². The zero-order valence-corrected chi connectivity index (χ0v) is 10.1. The van der Waals surface area contributed by atoms with Gasteiger partial charge in [0.05, 0.1) is 6.04 Å². The summed E-state index contributed by atoms with van der Waals surface area (Å²) in [5, 5.41) is 7.77. The van der Waals surface area contributed by atoms with E-state index in [9.17, 15) is 0 Å². The third-order valence-corrected chi connectivity index (χ3v) is 3.70. The molecule has 1 atom stereocenters. The van der Waals surface area contributed by atoms with Crippen LogP contribution in [0.1, 0.15) is 37.4 Å². The van der Waals surface area contributed by atoms with Crippen LogP contribution in [0, 0.1) is 0 Å². The smallest absolute Gasteiger partial charge is 0.203 e. The highest BCUT2D eigenvalue weighted by atomic mass is 32.1. The fourth-order valence-electron chi connectivity index (χ4n) is 1.87. The number of hydrogen-bond acceptors (Lipinski definition) is 3. The highest BCUT2D eigenvalue weighted by Gasteiger charge is 2.25. The van der Waals surface area contributed by atoms with Crippen LogP contribution >= 0.6 is 11.3 Å². The average Bonchev–Trinajstić information content (AvgIpc) is 2.83. The van der Waals surface area contributed by atoms with Gasteiger partial charge in [-0.2, -0.15) is 11.3 Å². The molecule has 0 spiro atoms. The second-order valence-corrected chi connectivity index (χ2v) is 5.09. The first-order valence-electron chi connectivity index (χ1n) is 5.66. The molecule has 1 N–H and O–H groups in total. The van der Waals surface area contributed by atoms with E-state index in [1.54, 1.807) is 11.3 Å². The molecular weight excluding hydrogens is 218 g/mol. The number of hydrogen-bond donors (Lipinski definition) is 1. The molecule has 2 aromatic rings. The monoisotopic (exact) mass is 233 g/mol. The van der Waals surface area contributed by atoms with Gasteiger partial charge < -0.3 is 9.88 Å². The number of rotatable bonds is 4. The van der Waals surface area contributed by atoms with Crippen LogP contribution in [0.4, 0.5) is 5.95 Å². The third-order valence-electron chi connectivity index (χ3n) is 3.00. The van der Waals surface area contributed by atoms with Crippen LogP contribution < -0.4 is 5.32 Å². The molecule has 0 radical (unpaired) electrons. The predicted octanol–water partition coefficient (Wildman–Crippen LogP) is 3.45. The number of aromatic nitrogens is 2. The first-order valence-corrected chi connectivity index (χ1v) is 6.60. The Morgan fingerprint density at radius 1 is 1.56 bits per heavy atom. The van der Waals surface area contributed by atoms with Gasteiger partial charge in [0.15, 0.2) is 0 Å². The van der Waals surface area contributed by atoms with Crippen molar-refractivity contribution in [3.05, 3.63) is 34.8 Å². The lowest BCUT2D eigenvalue weighted by Crippen LogP contribution is -2.10. The largest absolute Gasteiger partial charge is 0.349 e. The van der Waals surface area contributed by atoms with Crippen LogP contribution in [0.25, 0.3) is 0 Å². The van der Waals surface area contributed by atoms with Crippen molar-refractivity contribution in [2.45, 2.75) is 31.8 Å². The van der Waals surface area contributed by atoms with Gasteiger partial charge in [-0.1, -0.05) is 0 Å². The minimum atomic E-state index is 0.325. The lowest BCUT2D eigenvalue weighted by atomic mass is 10.2. The van der Waals surface area contributed by atoms with Gasteiger partial charge >= 0.3 is 0 Å². The number of nitrogens with zero attached hydrogens (tertiary/aromatic N) is 2. The van der Waals surface area contributed by atoms with Crippen molar-refractivity contribution in [1.82, 2.24) is 9.55 Å². The summed E-state index contributed by atoms with van der Waals surface area (Å²) in [4.78, 5) is 4.38. The lowest BCUT2D eigenvalue weighted by Gasteiger charge is -2.14. The summed E-state index contributed by atoms with van der Waals surface area (Å²) in [6.07, 6.45) is 6.52. The molecule has 1 aliphatic carbocycles. The normalized spacial score (nSPS) is 17.3. The second-order valence-electron chi connectivity index (χ2n) is 4.31. The van der Waals surface area contributed by atoms with E-state index in [1.807, 2.05) is 6.20 Å². The SMILES string of the molecule is CC(Nc1nccn1C1CC1)c1ccsc1. The van der Waals surface area contributed by atoms with E-state index in [4.69, 9.17) is 0 Å². The van der Waals surface area contributed by atoms with Crippen LogP contribution in [-0.4, -0.2) is 9.55 Å². The summed E-state index contributed by atoms with van der Waals surface area (Å²) >= 11 is 1.74. The Morgan fingerprint density at radius 2 is 2.44 bits per heavy atom. The molecule has 0 aliphatic heterocycles. The number of nitrogens with one attached hydrogen (secondary N) is 1. The van der Waals surface area contributed by atoms with Crippen LogP contribution in [-0.2, 0) is 0 Å². The summed E-state index contributed by atoms with van der Waals surface area (Å²) in [5.41, 5.74) is 1.33. The van der Waals surface area contributed by atoms with Crippen molar-refractivity contribution in [1.29, 1.82) is 0 Å². The molecule has 16 heavy (non-hydrogen) atoms. The molecule has 3 rings (SSSR count). The van der Waals surface area contributed by atoms with Crippen molar-refractivity contribution in [2.24, 2.45) is 0 Å². The average molecular weight is 233 g/mol. The molecule has 1 aliphatic rings. The highest BCUT2D eigenvalue weighted by molar-refractivity contribution is 7.07. The molecule has 3 nitrogen and oxygen atoms in total. The molecular formula is C12H15N3S. The lowest BCUT2D eigenvalue weighted by molar-refractivity contribution is 0.728. The Morgan fingerprint density at radius 3 is 3.12 bits per heavy atom. The Bertz CT molecular complexity index is 456. The van der Waals surface area contributed by atoms with Crippen LogP contribution in [0.3, 0.4) is 0 Å². The van der Waals surface area contributed by atoms with E-state index in [-0.39, 0.29) is 0 Å². The van der Waals surface area contributed by atoms with Crippen molar-refractivity contribution < 1.29 is 0 Å². The van der Waals surface area contributed by atoms with E-state index in [2.05, 4.69) is 44.8 Å². The third kappa shape index (κ3) is 1.85. The molecule has 1 fully saturated rings. The molecule has 0 bridgehead atoms. The van der Waals surface area contributed by atoms with Crippen molar-refractivity contribution in [3.8, 4) is 0 Å². The van der Waals surface area contributed by atoms with Gasteiger partial charge in [0.25, 0.3) is 0 Å². The molecule has 84 valence electrons. The molecule has 1 unspecified atom stereocenters. The summed E-state index contributed by atoms with van der Waals surface area (Å²) in [6.45, 7) is 2.17. The van der Waals surface area contributed by atoms with E-state index >= 15 is 0 Å². The molecule has 0 saturated heterocycles. The molecule has 2 heterocycles. The first kappa shape index (κ1) is 9.90. The van der Waals surface area contributed by atoms with E-state index in [1.165, 1.54) is 18.4 Å². The van der Waals surface area contributed by atoms with Gasteiger partial charge in [-0.05, 0) is 42.2 Å². The topological polar surface area (TPSA) is 29.9 Å². The van der Waals surface area contributed by atoms with Gasteiger partial charge in [-0.25, -0.2) is 4.98 Å². The van der Waals surface area contributed by atoms with Crippen molar-refractivity contribution in [2.75, 3.05) is 5.32 Å². The van der Waals surface area contributed by atoms with Crippen molar-refractivity contribution in [3.63, 3.8) is 0 Å². The fourth-order valence-corrected chi connectivity index (χ4v) is 2.62. The van der Waals surface area contributed by atoms with Gasteiger partial charge in [0.2, 0.25) is 5.95 Å². The minimum Gasteiger partial charge on any atom is -0.349 e. The summed E-state index contributed by atoms with van der Waals surface area (Å²) in [6, 6.07) is 3.16. The quantitative estimate of drug-likeness (QED) is 0.876. The number of imidazole rings is 1. The Labute approximate surface area is 99.1 Å². The van der Waals surface area contributed by atoms with E-state index < -0.39 is 0 Å². The molecule has 0 aromatic carbocycles. The van der Waals surface area contributed by atoms with E-state index in [0.29, 0.717) is 12.1 Å². The summed E-state index contributed by atoms with van der Waals surface area (Å²) in [7, 11) is 0. The number of anilines is 1. The number of thiophene rings is 1. The maximum absolute atomic E-state index is 4.38. The summed E-state index contributed by atoms with van der Waals surface area (Å²) in [5.74, 6) is 1.00. The maximum Gasteiger partial charge on any atom is 0.203 e. The molecule has 2 aromatic heterocycles. The van der Waals surface area contributed by atoms with Gasteiger partial charge in [-0.3, -0.25) is 0 Å². The zero-order valence-electron chi connectivity index (χ0n) is 9.26. The summed E-state index contributed by atoms with van der Waals surface area (Å²) < 4.78 is 2.25. The minimum absolute atomic E-state index is 0.325. The van der Waals surface area contributed by atoms with Crippen LogP contribution in [0.15, 0.2) is 29.2 Å². The Balaban J connectivity index is 1.76. The van der Waals surface area contributed by atoms with Gasteiger partial charge in [0.1, 0.15) is 0 Å². The molecule has 1 saturated carbocycles. The van der Waals surface area contributed by atoms with E-state index in [0.717, 1.165) is 5.95 Å². The first-order chi connectivity index (χ1) is 7.84. The molecule has 0 amide bonds. The standard InChI is InChI=1S/C12H15N3S/c1-9(10-4-7-16-8-10)14-12-13-5-6-15(12)11-2-3-11/h4-9,11H,2-3H2,1H3,(H,13,14). The predicted molar refractivity (Wildman–Crippen MR) is 66.9 cm³/mol. The second kappa shape index (κ2) is 3.94. The zero-order chi connectivity index (χ0) is 11.0. The van der Waals surface area contributed by atoms with Crippen LogP contribution in [0.5, 0.6) is 0 Å². The maximum atomic E-state index is 4.38. The van der Waals surface area contributed by atoms with Gasteiger partial charge in [-0.15, -0.1) is 0 Å². The Hall–Kier alpha value is -1.29. The van der Waals surface area contributed by atoms with Crippen molar-refractivity contribution >= 4 is 17.3 Å². The Kier molecular flexibility index (Phi) is 2.44. The van der Waals surface area contributed by atoms with Crippen LogP contribution in [0.2, 0.25) is 0 Å². The highest BCUT2D eigenvalue weighted by Crippen LogP contribution is 2.37. The molecule has 4 heteroatoms.